The number of nitrogens with zero attached hydrogens (tertiary/aromatic N) is 1. The van der Waals surface area contributed by atoms with Gasteiger partial charge < -0.3 is 19.5 Å². The summed E-state index contributed by atoms with van der Waals surface area (Å²) in [6.45, 7) is 10.0. The largest absolute Gasteiger partial charge is 0.444 e. The molecule has 1 atom stereocenters. The SMILES string of the molecule is CC(C)(C)OC(=O)N1C[C@@H](CO)OC(C)(C)C1. The van der Waals surface area contributed by atoms with Crippen LogP contribution in [-0.4, -0.2) is 53.1 Å². The Hall–Kier alpha value is -0.810. The molecule has 1 rings (SSSR count). The molecule has 0 aromatic heterocycles. The lowest BCUT2D eigenvalue weighted by atomic mass is 10.1. The standard InChI is InChI=1S/C12H23NO4/c1-11(2,3)17-10(15)13-6-9(7-14)16-12(4,5)8-13/h9,14H,6-8H2,1-5H3/t9-/m0/s1. The van der Waals surface area contributed by atoms with Crippen molar-refractivity contribution in [2.24, 2.45) is 0 Å². The van der Waals surface area contributed by atoms with Crippen molar-refractivity contribution in [2.45, 2.75) is 51.9 Å². The molecule has 1 amide bonds. The highest BCUT2D eigenvalue weighted by atomic mass is 16.6. The van der Waals surface area contributed by atoms with E-state index in [0.29, 0.717) is 13.1 Å². The minimum atomic E-state index is -0.506. The first-order valence-corrected chi connectivity index (χ1v) is 5.89. The van der Waals surface area contributed by atoms with Gasteiger partial charge in [0.2, 0.25) is 0 Å². The van der Waals surface area contributed by atoms with E-state index in [1.54, 1.807) is 4.90 Å². The number of aliphatic hydroxyl groups is 1. The van der Waals surface area contributed by atoms with Gasteiger partial charge in [0, 0.05) is 0 Å². The van der Waals surface area contributed by atoms with Crippen molar-refractivity contribution in [3.8, 4) is 0 Å². The Morgan fingerprint density at radius 1 is 1.53 bits per heavy atom. The average molecular weight is 245 g/mol. The number of aliphatic hydroxyl groups excluding tert-OH is 1. The Kier molecular flexibility index (Phi) is 4.04. The fourth-order valence-electron chi connectivity index (χ4n) is 1.86. The molecule has 1 fully saturated rings. The van der Waals surface area contributed by atoms with E-state index in [1.165, 1.54) is 0 Å². The van der Waals surface area contributed by atoms with Crippen LogP contribution in [0.4, 0.5) is 4.79 Å². The topological polar surface area (TPSA) is 59.0 Å². The van der Waals surface area contributed by atoms with Crippen LogP contribution in [0.5, 0.6) is 0 Å². The minimum absolute atomic E-state index is 0.0945. The van der Waals surface area contributed by atoms with E-state index in [4.69, 9.17) is 14.6 Å². The summed E-state index contributed by atoms with van der Waals surface area (Å²) in [5.41, 5.74) is -0.962. The highest BCUT2D eigenvalue weighted by molar-refractivity contribution is 5.68. The molecule has 0 aromatic rings. The molecule has 5 nitrogen and oxygen atoms in total. The zero-order chi connectivity index (χ0) is 13.3. The third-order valence-corrected chi connectivity index (χ3v) is 2.34. The maximum absolute atomic E-state index is 11.9. The molecule has 0 aliphatic carbocycles. The fraction of sp³-hybridized carbons (Fsp3) is 0.917. The number of amides is 1. The second-order valence-corrected chi connectivity index (χ2v) is 6.04. The average Bonchev–Trinajstić information content (AvgIpc) is 2.12. The summed E-state index contributed by atoms with van der Waals surface area (Å²) in [5.74, 6) is 0. The van der Waals surface area contributed by atoms with Gasteiger partial charge in [-0.25, -0.2) is 4.79 Å². The van der Waals surface area contributed by atoms with Crippen LogP contribution in [0.3, 0.4) is 0 Å². The summed E-state index contributed by atoms with van der Waals surface area (Å²) < 4.78 is 10.9. The lowest BCUT2D eigenvalue weighted by Crippen LogP contribution is -2.56. The van der Waals surface area contributed by atoms with Gasteiger partial charge in [-0.15, -0.1) is 0 Å². The molecule has 0 spiro atoms. The monoisotopic (exact) mass is 245 g/mol. The number of carbonyl (C=O) groups excluding carboxylic acids is 1. The highest BCUT2D eigenvalue weighted by Crippen LogP contribution is 2.22. The van der Waals surface area contributed by atoms with Crippen LogP contribution >= 0.6 is 0 Å². The second kappa shape index (κ2) is 4.82. The van der Waals surface area contributed by atoms with E-state index in [1.807, 2.05) is 34.6 Å². The normalized spacial score (nSPS) is 24.6. The molecule has 0 radical (unpaired) electrons. The Bertz CT molecular complexity index is 283. The van der Waals surface area contributed by atoms with Crippen LogP contribution in [0.2, 0.25) is 0 Å². The zero-order valence-electron chi connectivity index (χ0n) is 11.3. The molecule has 1 aliphatic heterocycles. The van der Waals surface area contributed by atoms with Gasteiger partial charge in [-0.05, 0) is 34.6 Å². The molecular weight excluding hydrogens is 222 g/mol. The van der Waals surface area contributed by atoms with E-state index < -0.39 is 11.2 Å². The fourth-order valence-corrected chi connectivity index (χ4v) is 1.86. The van der Waals surface area contributed by atoms with Crippen molar-refractivity contribution in [3.63, 3.8) is 0 Å². The van der Waals surface area contributed by atoms with Crippen molar-refractivity contribution >= 4 is 6.09 Å². The molecule has 1 N–H and O–H groups in total. The van der Waals surface area contributed by atoms with E-state index in [0.717, 1.165) is 0 Å². The number of ether oxygens (including phenoxy) is 2. The predicted molar refractivity (Wildman–Crippen MR) is 63.8 cm³/mol. The lowest BCUT2D eigenvalue weighted by molar-refractivity contribution is -0.145. The second-order valence-electron chi connectivity index (χ2n) is 6.04. The molecule has 100 valence electrons. The third kappa shape index (κ3) is 4.52. The van der Waals surface area contributed by atoms with Gasteiger partial charge in [0.05, 0.1) is 31.4 Å². The highest BCUT2D eigenvalue weighted by Gasteiger charge is 2.36. The summed E-state index contributed by atoms with van der Waals surface area (Å²) in [6.07, 6.45) is -0.696. The maximum atomic E-state index is 11.9. The van der Waals surface area contributed by atoms with E-state index >= 15 is 0 Å². The van der Waals surface area contributed by atoms with Crippen molar-refractivity contribution in [1.82, 2.24) is 4.90 Å². The number of hydrogen-bond donors (Lipinski definition) is 1. The Morgan fingerprint density at radius 2 is 2.12 bits per heavy atom. The Labute approximate surface area is 103 Å². The van der Waals surface area contributed by atoms with E-state index in [9.17, 15) is 4.79 Å². The summed E-state index contributed by atoms with van der Waals surface area (Å²) in [7, 11) is 0. The summed E-state index contributed by atoms with van der Waals surface area (Å²) >= 11 is 0. The quantitative estimate of drug-likeness (QED) is 0.758. The maximum Gasteiger partial charge on any atom is 0.410 e. The molecule has 1 aliphatic rings. The summed E-state index contributed by atoms with van der Waals surface area (Å²) in [5, 5.41) is 9.15. The summed E-state index contributed by atoms with van der Waals surface area (Å²) in [6, 6.07) is 0. The first-order chi connectivity index (χ1) is 7.63. The first-order valence-electron chi connectivity index (χ1n) is 5.89. The molecule has 5 heteroatoms. The molecule has 1 saturated heterocycles. The minimum Gasteiger partial charge on any atom is -0.444 e. The van der Waals surface area contributed by atoms with Crippen LogP contribution in [0.15, 0.2) is 0 Å². The Balaban J connectivity index is 2.67. The smallest absolute Gasteiger partial charge is 0.410 e. The lowest BCUT2D eigenvalue weighted by Gasteiger charge is -2.42. The van der Waals surface area contributed by atoms with Gasteiger partial charge in [0.15, 0.2) is 0 Å². The molecular formula is C12H23NO4. The molecule has 17 heavy (non-hydrogen) atoms. The molecule has 0 aromatic carbocycles. The van der Waals surface area contributed by atoms with E-state index in [-0.39, 0.29) is 18.8 Å². The van der Waals surface area contributed by atoms with Gasteiger partial charge in [-0.2, -0.15) is 0 Å². The Morgan fingerprint density at radius 3 is 2.59 bits per heavy atom. The van der Waals surface area contributed by atoms with E-state index in [2.05, 4.69) is 0 Å². The van der Waals surface area contributed by atoms with Crippen LogP contribution < -0.4 is 0 Å². The number of hydrogen-bond acceptors (Lipinski definition) is 4. The predicted octanol–water partition coefficient (Wildman–Crippen LogP) is 1.39. The molecule has 1 heterocycles. The van der Waals surface area contributed by atoms with Gasteiger partial charge >= 0.3 is 6.09 Å². The zero-order valence-corrected chi connectivity index (χ0v) is 11.3. The number of rotatable bonds is 1. The van der Waals surface area contributed by atoms with Gasteiger partial charge in [-0.1, -0.05) is 0 Å². The third-order valence-electron chi connectivity index (χ3n) is 2.34. The van der Waals surface area contributed by atoms with Gasteiger partial charge in [0.1, 0.15) is 5.60 Å². The molecule has 0 unspecified atom stereocenters. The van der Waals surface area contributed by atoms with Gasteiger partial charge in [-0.3, -0.25) is 0 Å². The molecule has 0 bridgehead atoms. The van der Waals surface area contributed by atoms with Crippen molar-refractivity contribution in [2.75, 3.05) is 19.7 Å². The van der Waals surface area contributed by atoms with Crippen LogP contribution in [-0.2, 0) is 9.47 Å². The van der Waals surface area contributed by atoms with Gasteiger partial charge in [0.25, 0.3) is 0 Å². The van der Waals surface area contributed by atoms with Crippen molar-refractivity contribution in [3.05, 3.63) is 0 Å². The number of carbonyl (C=O) groups is 1. The first kappa shape index (κ1) is 14.3. The van der Waals surface area contributed by atoms with Crippen LogP contribution in [0.25, 0.3) is 0 Å². The van der Waals surface area contributed by atoms with Crippen molar-refractivity contribution in [1.29, 1.82) is 0 Å². The van der Waals surface area contributed by atoms with Crippen LogP contribution in [0.1, 0.15) is 34.6 Å². The van der Waals surface area contributed by atoms with Crippen LogP contribution in [0, 0.1) is 0 Å². The number of morpholine rings is 1. The summed E-state index contributed by atoms with van der Waals surface area (Å²) in [4.78, 5) is 13.5. The van der Waals surface area contributed by atoms with Crippen molar-refractivity contribution < 1.29 is 19.4 Å². The molecule has 0 saturated carbocycles.